The molecule has 1 unspecified atom stereocenters. The Balaban J connectivity index is 2.13. The smallest absolute Gasteiger partial charge is 0.251 e. The van der Waals surface area contributed by atoms with Crippen molar-refractivity contribution in [1.82, 2.24) is 5.32 Å². The summed E-state index contributed by atoms with van der Waals surface area (Å²) in [6, 6.07) is 12.1. The molecule has 2 rings (SSSR count). The fourth-order valence-corrected chi connectivity index (χ4v) is 1.94. The average molecular weight is 270 g/mol. The van der Waals surface area contributed by atoms with E-state index in [9.17, 15) is 9.90 Å². The first-order valence-electron chi connectivity index (χ1n) is 6.43. The van der Waals surface area contributed by atoms with E-state index in [0.29, 0.717) is 11.3 Å². The van der Waals surface area contributed by atoms with Crippen LogP contribution in [-0.4, -0.2) is 11.0 Å². The van der Waals surface area contributed by atoms with Crippen LogP contribution in [0.2, 0.25) is 0 Å². The molecule has 0 aromatic heterocycles. The highest BCUT2D eigenvalue weighted by Gasteiger charge is 2.12. The van der Waals surface area contributed by atoms with Crippen LogP contribution in [0.3, 0.4) is 0 Å². The maximum Gasteiger partial charge on any atom is 0.251 e. The van der Waals surface area contributed by atoms with Gasteiger partial charge < -0.3 is 16.2 Å². The molecule has 0 heterocycles. The molecule has 2 aromatic rings. The summed E-state index contributed by atoms with van der Waals surface area (Å²) in [6.45, 7) is 3.67. The molecule has 0 fully saturated rings. The predicted molar refractivity (Wildman–Crippen MR) is 79.6 cm³/mol. The van der Waals surface area contributed by atoms with Crippen LogP contribution >= 0.6 is 0 Å². The van der Waals surface area contributed by atoms with Crippen molar-refractivity contribution in [3.8, 4) is 5.75 Å². The standard InChI is InChI=1S/C16H18N2O2/c1-10-6-7-13(9-15(10)19)16(20)18-11(2)12-4-3-5-14(17)8-12/h3-9,11,19H,17H2,1-2H3,(H,18,20). The van der Waals surface area contributed by atoms with Gasteiger partial charge in [0.05, 0.1) is 6.04 Å². The maximum absolute atomic E-state index is 12.1. The highest BCUT2D eigenvalue weighted by Crippen LogP contribution is 2.19. The number of aryl methyl sites for hydroxylation is 1. The van der Waals surface area contributed by atoms with Gasteiger partial charge in [-0.15, -0.1) is 0 Å². The first-order valence-corrected chi connectivity index (χ1v) is 6.43. The second-order valence-corrected chi connectivity index (χ2v) is 4.87. The molecule has 4 N–H and O–H groups in total. The van der Waals surface area contributed by atoms with Crippen LogP contribution in [0.25, 0.3) is 0 Å². The van der Waals surface area contributed by atoms with Gasteiger partial charge >= 0.3 is 0 Å². The van der Waals surface area contributed by atoms with E-state index >= 15 is 0 Å². The number of nitrogen functional groups attached to an aromatic ring is 1. The van der Waals surface area contributed by atoms with Gasteiger partial charge in [0.2, 0.25) is 0 Å². The van der Waals surface area contributed by atoms with Gasteiger partial charge in [0, 0.05) is 11.3 Å². The number of benzene rings is 2. The molecule has 1 atom stereocenters. The van der Waals surface area contributed by atoms with Gasteiger partial charge in [-0.05, 0) is 49.2 Å². The molecular formula is C16H18N2O2. The molecule has 2 aromatic carbocycles. The summed E-state index contributed by atoms with van der Waals surface area (Å²) in [5, 5.41) is 12.5. The van der Waals surface area contributed by atoms with Crippen molar-refractivity contribution in [2.45, 2.75) is 19.9 Å². The molecule has 4 heteroatoms. The second-order valence-electron chi connectivity index (χ2n) is 4.87. The second kappa shape index (κ2) is 5.65. The summed E-state index contributed by atoms with van der Waals surface area (Å²) in [4.78, 5) is 12.1. The fraction of sp³-hybridized carbons (Fsp3) is 0.188. The third kappa shape index (κ3) is 3.09. The summed E-state index contributed by atoms with van der Waals surface area (Å²) in [7, 11) is 0. The Morgan fingerprint density at radius 1 is 1.25 bits per heavy atom. The lowest BCUT2D eigenvalue weighted by molar-refractivity contribution is 0.0939. The first kappa shape index (κ1) is 13.9. The number of amides is 1. The molecule has 20 heavy (non-hydrogen) atoms. The number of nitrogens with one attached hydrogen (secondary N) is 1. The Kier molecular flexibility index (Phi) is 3.94. The molecule has 0 aliphatic carbocycles. The third-order valence-electron chi connectivity index (χ3n) is 3.23. The van der Waals surface area contributed by atoms with E-state index in [0.717, 1.165) is 11.1 Å². The molecule has 0 aliphatic heterocycles. The molecule has 1 amide bonds. The summed E-state index contributed by atoms with van der Waals surface area (Å²) in [6.07, 6.45) is 0. The normalized spacial score (nSPS) is 11.9. The van der Waals surface area contributed by atoms with Gasteiger partial charge in [-0.1, -0.05) is 18.2 Å². The van der Waals surface area contributed by atoms with Crippen LogP contribution in [0.15, 0.2) is 42.5 Å². The molecule has 0 saturated heterocycles. The number of phenols is 1. The van der Waals surface area contributed by atoms with Gasteiger partial charge in [-0.25, -0.2) is 0 Å². The number of phenolic OH excluding ortho intramolecular Hbond substituents is 1. The van der Waals surface area contributed by atoms with Gasteiger partial charge in [-0.3, -0.25) is 4.79 Å². The van der Waals surface area contributed by atoms with E-state index in [-0.39, 0.29) is 17.7 Å². The summed E-state index contributed by atoms with van der Waals surface area (Å²) >= 11 is 0. The number of anilines is 1. The number of carbonyl (C=O) groups excluding carboxylic acids is 1. The van der Waals surface area contributed by atoms with Gasteiger partial charge in [-0.2, -0.15) is 0 Å². The highest BCUT2D eigenvalue weighted by molar-refractivity contribution is 5.94. The molecule has 0 radical (unpaired) electrons. The number of hydrogen-bond donors (Lipinski definition) is 3. The topological polar surface area (TPSA) is 75.4 Å². The number of aromatic hydroxyl groups is 1. The number of carbonyl (C=O) groups is 1. The van der Waals surface area contributed by atoms with Crippen molar-refractivity contribution in [2.75, 3.05) is 5.73 Å². The maximum atomic E-state index is 12.1. The number of nitrogens with two attached hydrogens (primary N) is 1. The molecule has 4 nitrogen and oxygen atoms in total. The largest absolute Gasteiger partial charge is 0.508 e. The van der Waals surface area contributed by atoms with Crippen molar-refractivity contribution in [1.29, 1.82) is 0 Å². The van der Waals surface area contributed by atoms with Crippen LogP contribution < -0.4 is 11.1 Å². The Labute approximate surface area is 118 Å². The van der Waals surface area contributed by atoms with E-state index in [1.54, 1.807) is 25.1 Å². The lowest BCUT2D eigenvalue weighted by Gasteiger charge is -2.15. The lowest BCUT2D eigenvalue weighted by atomic mass is 10.1. The molecule has 0 aliphatic rings. The lowest BCUT2D eigenvalue weighted by Crippen LogP contribution is -2.26. The zero-order valence-electron chi connectivity index (χ0n) is 11.6. The molecule has 0 saturated carbocycles. The van der Waals surface area contributed by atoms with Crippen molar-refractivity contribution in [3.05, 3.63) is 59.2 Å². The van der Waals surface area contributed by atoms with E-state index in [4.69, 9.17) is 5.73 Å². The predicted octanol–water partition coefficient (Wildman–Crippen LogP) is 2.77. The van der Waals surface area contributed by atoms with Gasteiger partial charge in [0.25, 0.3) is 5.91 Å². The fourth-order valence-electron chi connectivity index (χ4n) is 1.94. The van der Waals surface area contributed by atoms with Crippen LogP contribution in [0.5, 0.6) is 5.75 Å². The molecule has 0 bridgehead atoms. The number of hydrogen-bond acceptors (Lipinski definition) is 3. The van der Waals surface area contributed by atoms with E-state index in [1.165, 1.54) is 6.07 Å². The van der Waals surface area contributed by atoms with Gasteiger partial charge in [0.15, 0.2) is 0 Å². The molecule has 0 spiro atoms. The van der Waals surface area contributed by atoms with Crippen molar-refractivity contribution in [2.24, 2.45) is 0 Å². The van der Waals surface area contributed by atoms with E-state index in [2.05, 4.69) is 5.32 Å². The van der Waals surface area contributed by atoms with Gasteiger partial charge in [0.1, 0.15) is 5.75 Å². The highest BCUT2D eigenvalue weighted by atomic mass is 16.3. The summed E-state index contributed by atoms with van der Waals surface area (Å²) in [5.41, 5.74) is 8.51. The zero-order chi connectivity index (χ0) is 14.7. The van der Waals surface area contributed by atoms with Crippen LogP contribution in [0, 0.1) is 6.92 Å². The van der Waals surface area contributed by atoms with Crippen molar-refractivity contribution in [3.63, 3.8) is 0 Å². The summed E-state index contributed by atoms with van der Waals surface area (Å²) < 4.78 is 0. The Hall–Kier alpha value is -2.49. The van der Waals surface area contributed by atoms with E-state index in [1.807, 2.05) is 25.1 Å². The number of rotatable bonds is 3. The van der Waals surface area contributed by atoms with Crippen molar-refractivity contribution < 1.29 is 9.90 Å². The minimum absolute atomic E-state index is 0.120. The third-order valence-corrected chi connectivity index (χ3v) is 3.23. The van der Waals surface area contributed by atoms with Crippen LogP contribution in [0.4, 0.5) is 5.69 Å². The first-order chi connectivity index (χ1) is 9.47. The monoisotopic (exact) mass is 270 g/mol. The Morgan fingerprint density at radius 2 is 2.00 bits per heavy atom. The minimum Gasteiger partial charge on any atom is -0.508 e. The Bertz CT molecular complexity index is 638. The quantitative estimate of drug-likeness (QED) is 0.751. The van der Waals surface area contributed by atoms with Crippen LogP contribution in [-0.2, 0) is 0 Å². The SMILES string of the molecule is Cc1ccc(C(=O)NC(C)c2cccc(N)c2)cc1O. The molecular weight excluding hydrogens is 252 g/mol. The Morgan fingerprint density at radius 3 is 2.65 bits per heavy atom. The van der Waals surface area contributed by atoms with Crippen LogP contribution in [0.1, 0.15) is 34.5 Å². The zero-order valence-corrected chi connectivity index (χ0v) is 11.6. The van der Waals surface area contributed by atoms with Crippen molar-refractivity contribution >= 4 is 11.6 Å². The van der Waals surface area contributed by atoms with E-state index < -0.39 is 0 Å². The average Bonchev–Trinajstić information content (AvgIpc) is 2.41. The minimum atomic E-state index is -0.227. The summed E-state index contributed by atoms with van der Waals surface area (Å²) in [5.74, 6) is -0.107. The molecule has 104 valence electrons.